The normalized spacial score (nSPS) is 22.3. The average Bonchev–Trinajstić information content (AvgIpc) is 2.36. The maximum absolute atomic E-state index is 12.2. The average molecular weight is 317 g/mol. The van der Waals surface area contributed by atoms with Crippen LogP contribution >= 0.6 is 0 Å². The zero-order chi connectivity index (χ0) is 15.5. The van der Waals surface area contributed by atoms with Crippen LogP contribution in [0.25, 0.3) is 0 Å². The highest BCUT2D eigenvalue weighted by Gasteiger charge is 2.30. The summed E-state index contributed by atoms with van der Waals surface area (Å²) >= 11 is 0. The van der Waals surface area contributed by atoms with Crippen LogP contribution in [0.3, 0.4) is 0 Å². The van der Waals surface area contributed by atoms with Crippen LogP contribution in [0.1, 0.15) is 37.7 Å². The first-order valence-electron chi connectivity index (χ1n) is 7.26. The van der Waals surface area contributed by atoms with E-state index in [4.69, 9.17) is 0 Å². The van der Waals surface area contributed by atoms with Gasteiger partial charge >= 0.3 is 0 Å². The molecule has 0 spiro atoms. The van der Waals surface area contributed by atoms with Crippen molar-refractivity contribution in [3.63, 3.8) is 0 Å². The topological polar surface area (TPSA) is 46.2 Å². The van der Waals surface area contributed by atoms with E-state index in [1.165, 1.54) is 12.1 Å². The van der Waals surface area contributed by atoms with Crippen molar-refractivity contribution < 1.29 is 17.2 Å². The van der Waals surface area contributed by atoms with Crippen LogP contribution in [-0.4, -0.2) is 33.2 Å². The molecule has 0 unspecified atom stereocenters. The maximum Gasteiger partial charge on any atom is 0.252 e. The van der Waals surface area contributed by atoms with Gasteiger partial charge in [0, 0.05) is 6.04 Å². The van der Waals surface area contributed by atoms with Gasteiger partial charge < -0.3 is 5.32 Å². The fourth-order valence-corrected chi connectivity index (χ4v) is 3.69. The van der Waals surface area contributed by atoms with E-state index in [0.717, 1.165) is 31.4 Å². The quantitative estimate of drug-likeness (QED) is 0.841. The molecular formula is C15H21F2NO2S. The van der Waals surface area contributed by atoms with Gasteiger partial charge in [0.1, 0.15) is 5.75 Å². The number of hydrogen-bond donors (Lipinski definition) is 1. The molecule has 0 aromatic heterocycles. The van der Waals surface area contributed by atoms with E-state index in [0.29, 0.717) is 12.0 Å². The number of sulfone groups is 1. The molecule has 0 atom stereocenters. The largest absolute Gasteiger partial charge is 0.314 e. The zero-order valence-corrected chi connectivity index (χ0v) is 12.9. The van der Waals surface area contributed by atoms with E-state index in [-0.39, 0.29) is 4.90 Å². The lowest BCUT2D eigenvalue weighted by atomic mass is 9.76. The van der Waals surface area contributed by atoms with Gasteiger partial charge in [0.25, 0.3) is 6.43 Å². The van der Waals surface area contributed by atoms with Crippen LogP contribution in [0.2, 0.25) is 0 Å². The number of benzene rings is 1. The molecule has 6 heteroatoms. The molecule has 3 nitrogen and oxygen atoms in total. The van der Waals surface area contributed by atoms with Crippen molar-refractivity contribution >= 4 is 9.84 Å². The highest BCUT2D eigenvalue weighted by Crippen LogP contribution is 2.37. The Kier molecular flexibility index (Phi) is 5.32. The smallest absolute Gasteiger partial charge is 0.252 e. The molecule has 1 saturated carbocycles. The lowest BCUT2D eigenvalue weighted by Gasteiger charge is -2.36. The SMILES string of the molecule is CCCNC1CC(c2ccc(S(=O)(=O)CC(F)F)cc2)C1. The Hall–Kier alpha value is -1.01. The zero-order valence-electron chi connectivity index (χ0n) is 12.1. The summed E-state index contributed by atoms with van der Waals surface area (Å²) < 4.78 is 47.9. The Balaban J connectivity index is 1.95. The monoisotopic (exact) mass is 317 g/mol. The van der Waals surface area contributed by atoms with E-state index >= 15 is 0 Å². The summed E-state index contributed by atoms with van der Waals surface area (Å²) in [4.78, 5) is -0.0217. The molecule has 1 aromatic rings. The third-order valence-electron chi connectivity index (χ3n) is 3.88. The molecule has 21 heavy (non-hydrogen) atoms. The van der Waals surface area contributed by atoms with Crippen molar-refractivity contribution in [2.45, 2.75) is 49.5 Å². The molecule has 0 amide bonds. The number of hydrogen-bond acceptors (Lipinski definition) is 3. The van der Waals surface area contributed by atoms with Gasteiger partial charge in [0.2, 0.25) is 0 Å². The van der Waals surface area contributed by atoms with Crippen molar-refractivity contribution in [1.82, 2.24) is 5.32 Å². The van der Waals surface area contributed by atoms with Gasteiger partial charge in [-0.25, -0.2) is 17.2 Å². The molecule has 1 aliphatic rings. The Bertz CT molecular complexity index is 552. The Morgan fingerprint density at radius 3 is 2.38 bits per heavy atom. The van der Waals surface area contributed by atoms with Gasteiger partial charge in [0.15, 0.2) is 9.84 Å². The number of halogens is 2. The maximum atomic E-state index is 12.2. The van der Waals surface area contributed by atoms with Gasteiger partial charge in [-0.3, -0.25) is 0 Å². The first kappa shape index (κ1) is 16.4. The third kappa shape index (κ3) is 4.23. The number of nitrogens with one attached hydrogen (secondary N) is 1. The Morgan fingerprint density at radius 1 is 1.24 bits per heavy atom. The minimum atomic E-state index is -3.88. The summed E-state index contributed by atoms with van der Waals surface area (Å²) in [5.74, 6) is -0.676. The summed E-state index contributed by atoms with van der Waals surface area (Å²) in [5, 5.41) is 3.45. The first-order chi connectivity index (χ1) is 9.92. The van der Waals surface area contributed by atoms with Gasteiger partial charge in [-0.1, -0.05) is 19.1 Å². The van der Waals surface area contributed by atoms with E-state index in [1.807, 2.05) is 0 Å². The molecular weight excluding hydrogens is 296 g/mol. The van der Waals surface area contributed by atoms with Gasteiger partial charge in [-0.05, 0) is 49.4 Å². The van der Waals surface area contributed by atoms with Gasteiger partial charge in [0.05, 0.1) is 4.90 Å². The summed E-state index contributed by atoms with van der Waals surface area (Å²) in [6.07, 6.45) is 0.358. The predicted octanol–water partition coefficient (Wildman–Crippen LogP) is 2.97. The Labute approximate surface area is 124 Å². The second-order valence-electron chi connectivity index (χ2n) is 5.56. The van der Waals surface area contributed by atoms with Gasteiger partial charge in [-0.15, -0.1) is 0 Å². The van der Waals surface area contributed by atoms with Crippen LogP contribution in [0.15, 0.2) is 29.2 Å². The van der Waals surface area contributed by atoms with Crippen molar-refractivity contribution in [3.05, 3.63) is 29.8 Å². The van der Waals surface area contributed by atoms with Crippen LogP contribution in [0.4, 0.5) is 8.78 Å². The fraction of sp³-hybridized carbons (Fsp3) is 0.600. The first-order valence-corrected chi connectivity index (χ1v) is 8.92. The minimum absolute atomic E-state index is 0.0217. The second-order valence-corrected chi connectivity index (χ2v) is 7.60. The molecule has 0 aliphatic heterocycles. The molecule has 2 rings (SSSR count). The summed E-state index contributed by atoms with van der Waals surface area (Å²) in [6.45, 7) is 3.14. The van der Waals surface area contributed by atoms with Crippen LogP contribution in [0.5, 0.6) is 0 Å². The molecule has 1 fully saturated rings. The lowest BCUT2D eigenvalue weighted by molar-refractivity contribution is 0.174. The highest BCUT2D eigenvalue weighted by atomic mass is 32.2. The number of rotatable bonds is 7. The predicted molar refractivity (Wildman–Crippen MR) is 78.6 cm³/mol. The molecule has 1 aromatic carbocycles. The van der Waals surface area contributed by atoms with E-state index < -0.39 is 22.0 Å². The van der Waals surface area contributed by atoms with Crippen molar-refractivity contribution in [3.8, 4) is 0 Å². The van der Waals surface area contributed by atoms with Crippen molar-refractivity contribution in [2.75, 3.05) is 12.3 Å². The van der Waals surface area contributed by atoms with E-state index in [2.05, 4.69) is 12.2 Å². The van der Waals surface area contributed by atoms with Crippen LogP contribution in [-0.2, 0) is 9.84 Å². The molecule has 0 radical (unpaired) electrons. The lowest BCUT2D eigenvalue weighted by Crippen LogP contribution is -2.40. The molecule has 1 N–H and O–H groups in total. The second kappa shape index (κ2) is 6.83. The van der Waals surface area contributed by atoms with Crippen LogP contribution < -0.4 is 5.32 Å². The molecule has 0 heterocycles. The van der Waals surface area contributed by atoms with Gasteiger partial charge in [-0.2, -0.15) is 0 Å². The molecule has 0 saturated heterocycles. The minimum Gasteiger partial charge on any atom is -0.314 e. The van der Waals surface area contributed by atoms with Crippen LogP contribution in [0, 0.1) is 0 Å². The third-order valence-corrected chi connectivity index (χ3v) is 5.56. The van der Waals surface area contributed by atoms with E-state index in [9.17, 15) is 17.2 Å². The fourth-order valence-electron chi connectivity index (χ4n) is 2.61. The summed E-state index contributed by atoms with van der Waals surface area (Å²) in [6, 6.07) is 6.93. The standard InChI is InChI=1S/C15H21F2NO2S/c1-2-7-18-13-8-12(9-13)11-3-5-14(6-4-11)21(19,20)10-15(16)17/h3-6,12-13,15,18H,2,7-10H2,1H3. The molecule has 118 valence electrons. The van der Waals surface area contributed by atoms with E-state index in [1.54, 1.807) is 12.1 Å². The molecule has 0 bridgehead atoms. The number of alkyl halides is 2. The highest BCUT2D eigenvalue weighted by molar-refractivity contribution is 7.91. The molecule has 1 aliphatic carbocycles. The Morgan fingerprint density at radius 2 is 1.86 bits per heavy atom. The van der Waals surface area contributed by atoms with Crippen molar-refractivity contribution in [1.29, 1.82) is 0 Å². The summed E-state index contributed by atoms with van der Waals surface area (Å²) in [7, 11) is -3.88. The summed E-state index contributed by atoms with van der Waals surface area (Å²) in [5.41, 5.74) is 1.08. The van der Waals surface area contributed by atoms with Crippen molar-refractivity contribution in [2.24, 2.45) is 0 Å².